The van der Waals surface area contributed by atoms with Crippen molar-refractivity contribution in [1.29, 1.82) is 0 Å². The van der Waals surface area contributed by atoms with Gasteiger partial charge in [0.1, 0.15) is 6.29 Å². The predicted molar refractivity (Wildman–Crippen MR) is 157 cm³/mol. The lowest BCUT2D eigenvalue weighted by atomic mass is 9.89. The molecular weight excluding hydrogens is 502 g/mol. The fourth-order valence-electron chi connectivity index (χ4n) is 5.24. The minimum atomic E-state index is -0.943. The summed E-state index contributed by atoms with van der Waals surface area (Å²) < 4.78 is 0. The van der Waals surface area contributed by atoms with Gasteiger partial charge in [0.15, 0.2) is 0 Å². The number of amides is 2. The second-order valence-electron chi connectivity index (χ2n) is 10.3. The first-order valence-electron chi connectivity index (χ1n) is 13.8. The van der Waals surface area contributed by atoms with Crippen molar-refractivity contribution in [2.45, 2.75) is 56.7 Å². The van der Waals surface area contributed by atoms with Crippen LogP contribution in [-0.2, 0) is 33.6 Å². The van der Waals surface area contributed by atoms with E-state index in [2.05, 4.69) is 27.8 Å². The summed E-state index contributed by atoms with van der Waals surface area (Å²) in [4.78, 5) is 40.1. The van der Waals surface area contributed by atoms with Crippen molar-refractivity contribution in [1.82, 2.24) is 15.6 Å². The zero-order valence-electron chi connectivity index (χ0n) is 22.5. The fourth-order valence-corrected chi connectivity index (χ4v) is 5.24. The van der Waals surface area contributed by atoms with Crippen molar-refractivity contribution in [3.63, 3.8) is 0 Å². The number of nitrogens with one attached hydrogen (secondary N) is 3. The minimum absolute atomic E-state index is 0.164. The van der Waals surface area contributed by atoms with Gasteiger partial charge in [0.05, 0.1) is 18.2 Å². The molecule has 4 N–H and O–H groups in total. The third kappa shape index (κ3) is 8.13. The highest BCUT2D eigenvalue weighted by atomic mass is 16.3. The summed E-state index contributed by atoms with van der Waals surface area (Å²) in [7, 11) is 0. The molecular formula is C33H37N3O4. The Morgan fingerprint density at radius 1 is 0.875 bits per heavy atom. The van der Waals surface area contributed by atoms with Crippen LogP contribution >= 0.6 is 0 Å². The number of carbonyl (C=O) groups excluding carboxylic acids is 3. The van der Waals surface area contributed by atoms with Crippen molar-refractivity contribution in [2.75, 3.05) is 0 Å². The molecule has 0 saturated heterocycles. The molecule has 4 aromatic rings. The van der Waals surface area contributed by atoms with Crippen LogP contribution in [-0.4, -0.2) is 46.9 Å². The molecule has 0 aliphatic rings. The zero-order chi connectivity index (χ0) is 28.2. The molecule has 0 spiro atoms. The van der Waals surface area contributed by atoms with Gasteiger partial charge in [-0.05, 0) is 54.9 Å². The van der Waals surface area contributed by atoms with Crippen LogP contribution in [0.25, 0.3) is 10.9 Å². The number of benzene rings is 3. The Morgan fingerprint density at radius 3 is 2.25 bits per heavy atom. The van der Waals surface area contributed by atoms with Gasteiger partial charge < -0.3 is 25.5 Å². The number of hydrogen-bond donors (Lipinski definition) is 4. The maximum absolute atomic E-state index is 13.5. The summed E-state index contributed by atoms with van der Waals surface area (Å²) in [5.74, 6) is -0.801. The maximum atomic E-state index is 13.5. The predicted octanol–water partition coefficient (Wildman–Crippen LogP) is 4.14. The van der Waals surface area contributed by atoms with E-state index in [9.17, 15) is 19.5 Å². The van der Waals surface area contributed by atoms with Gasteiger partial charge in [-0.25, -0.2) is 0 Å². The lowest BCUT2D eigenvalue weighted by molar-refractivity contribution is -0.128. The molecule has 1 aromatic heterocycles. The SMILES string of the molecule is O=CNC(Cc1ccccc1)C(O)CC(CCCc1ccccc1)C(=O)NC(C=O)Cc1c[nH]c2ccccc12. The summed E-state index contributed by atoms with van der Waals surface area (Å²) in [6, 6.07) is 26.3. The van der Waals surface area contributed by atoms with Gasteiger partial charge in [-0.15, -0.1) is 0 Å². The van der Waals surface area contributed by atoms with Crippen molar-refractivity contribution < 1.29 is 19.5 Å². The first kappa shape index (κ1) is 28.8. The molecule has 7 heteroatoms. The smallest absolute Gasteiger partial charge is 0.223 e. The monoisotopic (exact) mass is 539 g/mol. The lowest BCUT2D eigenvalue weighted by Crippen LogP contribution is -2.46. The van der Waals surface area contributed by atoms with Crippen LogP contribution in [0.15, 0.2) is 91.1 Å². The normalized spacial score (nSPS) is 14.1. The number of aliphatic hydroxyl groups excluding tert-OH is 1. The molecule has 0 radical (unpaired) electrons. The average Bonchev–Trinajstić information content (AvgIpc) is 3.39. The Balaban J connectivity index is 1.45. The van der Waals surface area contributed by atoms with E-state index in [-0.39, 0.29) is 12.3 Å². The number of rotatable bonds is 16. The van der Waals surface area contributed by atoms with Gasteiger partial charge >= 0.3 is 0 Å². The zero-order valence-corrected chi connectivity index (χ0v) is 22.5. The Kier molecular flexibility index (Phi) is 10.6. The second-order valence-corrected chi connectivity index (χ2v) is 10.3. The van der Waals surface area contributed by atoms with E-state index < -0.39 is 24.1 Å². The van der Waals surface area contributed by atoms with E-state index in [0.29, 0.717) is 25.7 Å². The highest BCUT2D eigenvalue weighted by Crippen LogP contribution is 2.22. The van der Waals surface area contributed by atoms with E-state index in [1.807, 2.05) is 79.0 Å². The highest BCUT2D eigenvalue weighted by Gasteiger charge is 2.28. The van der Waals surface area contributed by atoms with Crippen molar-refractivity contribution in [3.05, 3.63) is 108 Å². The number of aromatic nitrogens is 1. The molecule has 0 aliphatic carbocycles. The quantitative estimate of drug-likeness (QED) is 0.160. The van der Waals surface area contributed by atoms with E-state index >= 15 is 0 Å². The molecule has 4 rings (SSSR count). The molecule has 0 bridgehead atoms. The number of H-pyrrole nitrogens is 1. The Hall–Kier alpha value is -4.23. The highest BCUT2D eigenvalue weighted by molar-refractivity contribution is 5.85. The van der Waals surface area contributed by atoms with Crippen LogP contribution in [0.5, 0.6) is 0 Å². The summed E-state index contributed by atoms with van der Waals surface area (Å²) in [5.41, 5.74) is 4.08. The van der Waals surface area contributed by atoms with Crippen LogP contribution in [0.4, 0.5) is 0 Å². The Labute approximate surface area is 235 Å². The summed E-state index contributed by atoms with van der Waals surface area (Å²) in [5, 5.41) is 17.9. The number of aldehydes is 1. The van der Waals surface area contributed by atoms with Crippen molar-refractivity contribution >= 4 is 29.5 Å². The molecule has 40 heavy (non-hydrogen) atoms. The Morgan fingerprint density at radius 2 is 1.55 bits per heavy atom. The Bertz CT molecular complexity index is 1360. The first-order chi connectivity index (χ1) is 19.6. The number of carbonyl (C=O) groups is 3. The molecule has 208 valence electrons. The topological polar surface area (TPSA) is 111 Å². The number of para-hydroxylation sites is 1. The third-order valence-electron chi connectivity index (χ3n) is 7.41. The maximum Gasteiger partial charge on any atom is 0.223 e. The van der Waals surface area contributed by atoms with E-state index in [4.69, 9.17) is 0 Å². The number of hydrogen-bond acceptors (Lipinski definition) is 4. The van der Waals surface area contributed by atoms with Crippen LogP contribution in [0.3, 0.4) is 0 Å². The van der Waals surface area contributed by atoms with Gasteiger partial charge in [-0.1, -0.05) is 78.9 Å². The molecule has 3 aromatic carbocycles. The summed E-state index contributed by atoms with van der Waals surface area (Å²) >= 11 is 0. The second kappa shape index (κ2) is 14.8. The van der Waals surface area contributed by atoms with Crippen molar-refractivity contribution in [2.24, 2.45) is 5.92 Å². The van der Waals surface area contributed by atoms with Gasteiger partial charge in [0.25, 0.3) is 0 Å². The third-order valence-corrected chi connectivity index (χ3v) is 7.41. The van der Waals surface area contributed by atoms with Gasteiger partial charge in [-0.3, -0.25) is 9.59 Å². The molecule has 0 fully saturated rings. The molecule has 4 atom stereocenters. The first-order valence-corrected chi connectivity index (χ1v) is 13.8. The van der Waals surface area contributed by atoms with E-state index in [1.54, 1.807) is 0 Å². The van der Waals surface area contributed by atoms with Crippen LogP contribution in [0, 0.1) is 5.92 Å². The molecule has 0 aliphatic heterocycles. The van der Waals surface area contributed by atoms with Crippen LogP contribution in [0.2, 0.25) is 0 Å². The lowest BCUT2D eigenvalue weighted by Gasteiger charge is -2.27. The summed E-state index contributed by atoms with van der Waals surface area (Å²) in [6.45, 7) is 0. The van der Waals surface area contributed by atoms with Crippen LogP contribution < -0.4 is 10.6 Å². The van der Waals surface area contributed by atoms with Crippen molar-refractivity contribution in [3.8, 4) is 0 Å². The van der Waals surface area contributed by atoms with E-state index in [0.717, 1.165) is 41.2 Å². The molecule has 7 nitrogen and oxygen atoms in total. The van der Waals surface area contributed by atoms with Gasteiger partial charge in [0, 0.05) is 29.4 Å². The number of aliphatic hydroxyl groups is 1. The van der Waals surface area contributed by atoms with Gasteiger partial charge in [0.2, 0.25) is 12.3 Å². The fraction of sp³-hybridized carbons (Fsp3) is 0.303. The molecule has 2 amide bonds. The molecule has 4 unspecified atom stereocenters. The molecule has 1 heterocycles. The number of aryl methyl sites for hydroxylation is 1. The summed E-state index contributed by atoms with van der Waals surface area (Å²) in [6.07, 6.45) is 5.33. The number of aromatic amines is 1. The average molecular weight is 540 g/mol. The van der Waals surface area contributed by atoms with E-state index in [1.165, 1.54) is 5.56 Å². The molecule has 0 saturated carbocycles. The largest absolute Gasteiger partial charge is 0.391 e. The standard InChI is InChI=1S/C33H37N3O4/c37-22-28(19-27-21-34-30-17-8-7-16-29(27)30)36-33(40)26(15-9-14-24-10-3-1-4-11-24)20-32(39)31(35-23-38)18-25-12-5-2-6-13-25/h1-8,10-13,16-17,21-23,26,28,31-32,34,39H,9,14-15,18-20H2,(H,35,38)(H,36,40). The number of fused-ring (bicyclic) bond motifs is 1. The van der Waals surface area contributed by atoms with Gasteiger partial charge in [-0.2, -0.15) is 0 Å². The van der Waals surface area contributed by atoms with Crippen LogP contribution in [0.1, 0.15) is 36.0 Å². The minimum Gasteiger partial charge on any atom is -0.391 e.